The second-order valence-corrected chi connectivity index (χ2v) is 9.25. The van der Waals surface area contributed by atoms with Crippen LogP contribution < -0.4 is 10.4 Å². The van der Waals surface area contributed by atoms with Crippen LogP contribution in [-0.4, -0.2) is 40.7 Å². The van der Waals surface area contributed by atoms with Gasteiger partial charge in [0.05, 0.1) is 5.60 Å². The lowest BCUT2D eigenvalue weighted by Gasteiger charge is -2.47. The molecule has 1 saturated carbocycles. The number of amides is 1. The van der Waals surface area contributed by atoms with E-state index in [1.54, 1.807) is 13.0 Å². The zero-order valence-corrected chi connectivity index (χ0v) is 18.8. The Morgan fingerprint density at radius 1 is 1.35 bits per heavy atom. The fraction of sp³-hybridized carbons (Fsp3) is 0.600. The third-order valence-corrected chi connectivity index (χ3v) is 7.11. The van der Waals surface area contributed by atoms with Gasteiger partial charge in [-0.05, 0) is 57.2 Å². The molecule has 31 heavy (non-hydrogen) atoms. The van der Waals surface area contributed by atoms with Gasteiger partial charge in [-0.25, -0.2) is 4.79 Å². The third-order valence-electron chi connectivity index (χ3n) is 7.11. The summed E-state index contributed by atoms with van der Waals surface area (Å²) in [7, 11) is 0. The maximum absolute atomic E-state index is 13.1. The van der Waals surface area contributed by atoms with Crippen molar-refractivity contribution in [2.75, 3.05) is 13.1 Å². The first kappa shape index (κ1) is 21.9. The first-order valence-corrected chi connectivity index (χ1v) is 11.6. The van der Waals surface area contributed by atoms with Crippen LogP contribution in [0, 0.1) is 12.8 Å². The molecule has 0 radical (unpaired) electrons. The predicted molar refractivity (Wildman–Crippen MR) is 119 cm³/mol. The number of hydrogen-bond donors (Lipinski definition) is 1. The maximum Gasteiger partial charge on any atom is 0.336 e. The van der Waals surface area contributed by atoms with Crippen LogP contribution in [0.1, 0.15) is 63.5 Å². The summed E-state index contributed by atoms with van der Waals surface area (Å²) < 4.78 is 11.5. The van der Waals surface area contributed by atoms with Crippen molar-refractivity contribution in [3.63, 3.8) is 0 Å². The van der Waals surface area contributed by atoms with Crippen molar-refractivity contribution in [3.05, 3.63) is 39.7 Å². The van der Waals surface area contributed by atoms with Gasteiger partial charge in [-0.2, -0.15) is 0 Å². The summed E-state index contributed by atoms with van der Waals surface area (Å²) in [5.41, 5.74) is 1.25. The molecule has 0 unspecified atom stereocenters. The van der Waals surface area contributed by atoms with Crippen molar-refractivity contribution in [2.45, 2.75) is 77.4 Å². The highest BCUT2D eigenvalue weighted by molar-refractivity contribution is 5.85. The van der Waals surface area contributed by atoms with Gasteiger partial charge >= 0.3 is 5.63 Å². The van der Waals surface area contributed by atoms with Crippen LogP contribution in [-0.2, 0) is 11.2 Å². The van der Waals surface area contributed by atoms with E-state index in [4.69, 9.17) is 9.15 Å². The maximum atomic E-state index is 13.1. The Morgan fingerprint density at radius 2 is 2.16 bits per heavy atom. The highest BCUT2D eigenvalue weighted by atomic mass is 16.5. The van der Waals surface area contributed by atoms with E-state index in [1.165, 1.54) is 0 Å². The van der Waals surface area contributed by atoms with Crippen LogP contribution in [0.2, 0.25) is 0 Å². The molecule has 1 N–H and O–H groups in total. The molecule has 2 aliphatic rings. The lowest BCUT2D eigenvalue weighted by atomic mass is 9.71. The molecule has 0 spiro atoms. The Morgan fingerprint density at radius 3 is 2.94 bits per heavy atom. The Labute approximate surface area is 183 Å². The quantitative estimate of drug-likeness (QED) is 0.730. The van der Waals surface area contributed by atoms with Crippen LogP contribution in [0.3, 0.4) is 0 Å². The van der Waals surface area contributed by atoms with Gasteiger partial charge in [0.25, 0.3) is 5.91 Å². The molecule has 6 nitrogen and oxygen atoms in total. The Balaban J connectivity index is 1.51. The van der Waals surface area contributed by atoms with Crippen molar-refractivity contribution in [1.29, 1.82) is 0 Å². The summed E-state index contributed by atoms with van der Waals surface area (Å²) in [6, 6.07) is 5.32. The zero-order valence-electron chi connectivity index (χ0n) is 18.8. The fourth-order valence-corrected chi connectivity index (χ4v) is 5.28. The number of aryl methyl sites for hydroxylation is 2. The molecule has 2 heterocycles. The SMILES string of the molecule is CCCc1cc(=O)oc2c(C)c(O[C@@H](C)C(=O)N3CC[C@@]4(O)CCCC[C@@H]4C3)ccc12. The number of ether oxygens (including phenoxy) is 1. The van der Waals surface area contributed by atoms with Gasteiger partial charge in [-0.15, -0.1) is 0 Å². The average molecular weight is 428 g/mol. The number of fused-ring (bicyclic) bond motifs is 2. The predicted octanol–water partition coefficient (Wildman–Crippen LogP) is 3.97. The van der Waals surface area contributed by atoms with E-state index in [2.05, 4.69) is 6.92 Å². The van der Waals surface area contributed by atoms with Crippen molar-refractivity contribution < 1.29 is 19.1 Å². The molecule has 2 aromatic rings. The first-order chi connectivity index (χ1) is 14.8. The number of aliphatic hydroxyl groups is 1. The third kappa shape index (κ3) is 4.22. The largest absolute Gasteiger partial charge is 0.480 e. The number of hydrogen-bond acceptors (Lipinski definition) is 5. The summed E-state index contributed by atoms with van der Waals surface area (Å²) in [6.07, 6.45) is 5.71. The molecular formula is C25H33NO5. The molecule has 1 amide bonds. The molecule has 2 fully saturated rings. The smallest absolute Gasteiger partial charge is 0.336 e. The molecule has 1 aliphatic carbocycles. The molecule has 0 bridgehead atoms. The van der Waals surface area contributed by atoms with E-state index in [-0.39, 0.29) is 17.5 Å². The molecule has 1 aromatic carbocycles. The highest BCUT2D eigenvalue weighted by Gasteiger charge is 2.44. The lowest BCUT2D eigenvalue weighted by molar-refractivity contribution is -0.149. The minimum atomic E-state index is -0.656. The second kappa shape index (κ2) is 8.65. The number of likely N-dealkylation sites (tertiary alicyclic amines) is 1. The zero-order chi connectivity index (χ0) is 22.2. The second-order valence-electron chi connectivity index (χ2n) is 9.25. The van der Waals surface area contributed by atoms with Crippen molar-refractivity contribution in [1.82, 2.24) is 4.90 Å². The summed E-state index contributed by atoms with van der Waals surface area (Å²) in [5.74, 6) is 0.643. The van der Waals surface area contributed by atoms with E-state index in [9.17, 15) is 14.7 Å². The van der Waals surface area contributed by atoms with Gasteiger partial charge in [0, 0.05) is 36.0 Å². The topological polar surface area (TPSA) is 80.0 Å². The standard InChI is InChI=1S/C25H33NO5/c1-4-7-18-14-22(27)31-23-16(2)21(10-9-20(18)23)30-17(3)24(28)26-13-12-25(29)11-6-5-8-19(25)15-26/h9-10,14,17,19,29H,4-8,11-13,15H2,1-3H3/t17-,19+,25-/m0/s1. The van der Waals surface area contributed by atoms with Crippen LogP contribution in [0.15, 0.2) is 27.4 Å². The number of carbonyl (C=O) groups is 1. The molecule has 1 aliphatic heterocycles. The van der Waals surface area contributed by atoms with E-state index in [0.717, 1.165) is 55.0 Å². The van der Waals surface area contributed by atoms with Gasteiger partial charge in [0.1, 0.15) is 11.3 Å². The van der Waals surface area contributed by atoms with Gasteiger partial charge in [-0.3, -0.25) is 4.79 Å². The van der Waals surface area contributed by atoms with Gasteiger partial charge in [-0.1, -0.05) is 26.2 Å². The van der Waals surface area contributed by atoms with Gasteiger partial charge < -0.3 is 19.2 Å². The van der Waals surface area contributed by atoms with Gasteiger partial charge in [0.2, 0.25) is 0 Å². The van der Waals surface area contributed by atoms with Crippen LogP contribution in [0.5, 0.6) is 5.75 Å². The number of piperidine rings is 1. The van der Waals surface area contributed by atoms with Crippen LogP contribution in [0.25, 0.3) is 11.0 Å². The number of carbonyl (C=O) groups excluding carboxylic acids is 1. The van der Waals surface area contributed by atoms with Crippen LogP contribution in [0.4, 0.5) is 0 Å². The lowest BCUT2D eigenvalue weighted by Crippen LogP contribution is -2.56. The molecule has 3 atom stereocenters. The Hall–Kier alpha value is -2.34. The number of nitrogens with zero attached hydrogens (tertiary/aromatic N) is 1. The molecular weight excluding hydrogens is 394 g/mol. The van der Waals surface area contributed by atoms with E-state index < -0.39 is 11.7 Å². The monoisotopic (exact) mass is 427 g/mol. The van der Waals surface area contributed by atoms with E-state index >= 15 is 0 Å². The van der Waals surface area contributed by atoms with Crippen molar-refractivity contribution >= 4 is 16.9 Å². The van der Waals surface area contributed by atoms with Crippen LogP contribution >= 0.6 is 0 Å². The Kier molecular flexibility index (Phi) is 6.11. The Bertz CT molecular complexity index is 1030. The molecule has 4 rings (SSSR count). The summed E-state index contributed by atoms with van der Waals surface area (Å²) in [6.45, 7) is 6.85. The minimum Gasteiger partial charge on any atom is -0.480 e. The average Bonchev–Trinajstić information content (AvgIpc) is 2.75. The molecule has 1 saturated heterocycles. The minimum absolute atomic E-state index is 0.0618. The first-order valence-electron chi connectivity index (χ1n) is 11.6. The number of rotatable bonds is 5. The van der Waals surface area contributed by atoms with Gasteiger partial charge in [0.15, 0.2) is 6.10 Å². The fourth-order valence-electron chi connectivity index (χ4n) is 5.28. The molecule has 1 aromatic heterocycles. The normalized spacial score (nSPS) is 24.6. The number of benzene rings is 1. The van der Waals surface area contributed by atoms with E-state index in [0.29, 0.717) is 30.8 Å². The van der Waals surface area contributed by atoms with Crippen molar-refractivity contribution in [2.24, 2.45) is 5.92 Å². The molecule has 168 valence electrons. The molecule has 6 heteroatoms. The van der Waals surface area contributed by atoms with Crippen molar-refractivity contribution in [3.8, 4) is 5.75 Å². The summed E-state index contributed by atoms with van der Waals surface area (Å²) in [4.78, 5) is 27.0. The summed E-state index contributed by atoms with van der Waals surface area (Å²) in [5, 5.41) is 11.8. The van der Waals surface area contributed by atoms with E-state index in [1.807, 2.05) is 24.0 Å². The highest BCUT2D eigenvalue weighted by Crippen LogP contribution is 2.40. The summed E-state index contributed by atoms with van der Waals surface area (Å²) >= 11 is 0.